The van der Waals surface area contributed by atoms with Crippen molar-refractivity contribution in [2.24, 2.45) is 0 Å². The van der Waals surface area contributed by atoms with Crippen LogP contribution in [0.2, 0.25) is 0 Å². The molecule has 2 aromatic rings. The van der Waals surface area contributed by atoms with Gasteiger partial charge in [-0.25, -0.2) is 0 Å². The molecule has 0 spiro atoms. The van der Waals surface area contributed by atoms with E-state index in [-0.39, 0.29) is 0 Å². The summed E-state index contributed by atoms with van der Waals surface area (Å²) < 4.78 is 2.01. The Kier molecular flexibility index (Phi) is 4.10. The molecule has 0 saturated heterocycles. The van der Waals surface area contributed by atoms with Crippen molar-refractivity contribution in [3.8, 4) is 0 Å². The van der Waals surface area contributed by atoms with Crippen LogP contribution in [0.5, 0.6) is 0 Å². The lowest BCUT2D eigenvalue weighted by Gasteiger charge is -2.17. The van der Waals surface area contributed by atoms with Crippen molar-refractivity contribution in [3.63, 3.8) is 0 Å². The third-order valence-electron chi connectivity index (χ3n) is 3.27. The Balaban J connectivity index is 2.10. The molecule has 0 atom stereocenters. The fourth-order valence-corrected chi connectivity index (χ4v) is 2.19. The minimum Gasteiger partial charge on any atom is -0.379 e. The first kappa shape index (κ1) is 13.5. The fourth-order valence-electron chi connectivity index (χ4n) is 2.19. The van der Waals surface area contributed by atoms with Gasteiger partial charge in [0, 0.05) is 38.2 Å². The third-order valence-corrected chi connectivity index (χ3v) is 3.27. The van der Waals surface area contributed by atoms with Gasteiger partial charge in [0.2, 0.25) is 0 Å². The summed E-state index contributed by atoms with van der Waals surface area (Å²) in [6.45, 7) is 5.93. The van der Waals surface area contributed by atoms with E-state index in [0.717, 1.165) is 18.8 Å². The average Bonchev–Trinajstić information content (AvgIpc) is 2.84. The molecule has 1 aromatic carbocycles. The quantitative estimate of drug-likeness (QED) is 0.895. The van der Waals surface area contributed by atoms with E-state index >= 15 is 0 Å². The molecule has 0 aliphatic rings. The SMILES string of the molecule is CCn1nccc1CNc1ccc(C)c(N(C)C)c1. The van der Waals surface area contributed by atoms with Gasteiger partial charge >= 0.3 is 0 Å². The highest BCUT2D eigenvalue weighted by atomic mass is 15.3. The molecule has 0 fully saturated rings. The van der Waals surface area contributed by atoms with Crippen LogP contribution in [-0.4, -0.2) is 23.9 Å². The highest BCUT2D eigenvalue weighted by molar-refractivity contribution is 5.61. The monoisotopic (exact) mass is 258 g/mol. The number of nitrogens with one attached hydrogen (secondary N) is 1. The van der Waals surface area contributed by atoms with Crippen LogP contribution in [0, 0.1) is 6.92 Å². The fraction of sp³-hybridized carbons (Fsp3) is 0.400. The molecular formula is C15H22N4. The van der Waals surface area contributed by atoms with Crippen LogP contribution in [-0.2, 0) is 13.1 Å². The highest BCUT2D eigenvalue weighted by Gasteiger charge is 2.04. The number of aryl methyl sites for hydroxylation is 2. The molecule has 102 valence electrons. The van der Waals surface area contributed by atoms with Crippen molar-refractivity contribution in [1.29, 1.82) is 0 Å². The third kappa shape index (κ3) is 3.08. The second kappa shape index (κ2) is 5.78. The van der Waals surface area contributed by atoms with E-state index in [9.17, 15) is 0 Å². The molecule has 0 bridgehead atoms. The van der Waals surface area contributed by atoms with Crippen LogP contribution in [0.15, 0.2) is 30.5 Å². The Labute approximate surface area is 115 Å². The van der Waals surface area contributed by atoms with E-state index < -0.39 is 0 Å². The molecule has 0 aliphatic carbocycles. The summed E-state index contributed by atoms with van der Waals surface area (Å²) in [5.41, 5.74) is 4.87. The Bertz CT molecular complexity index is 543. The lowest BCUT2D eigenvalue weighted by atomic mass is 10.1. The summed E-state index contributed by atoms with van der Waals surface area (Å²) in [6, 6.07) is 8.50. The second-order valence-electron chi connectivity index (χ2n) is 4.89. The molecule has 0 saturated carbocycles. The Morgan fingerprint density at radius 3 is 2.74 bits per heavy atom. The number of aromatic nitrogens is 2. The van der Waals surface area contributed by atoms with Gasteiger partial charge in [-0.2, -0.15) is 5.10 Å². The Morgan fingerprint density at radius 1 is 1.26 bits per heavy atom. The number of benzene rings is 1. The first-order valence-corrected chi connectivity index (χ1v) is 6.64. The van der Waals surface area contributed by atoms with Crippen LogP contribution >= 0.6 is 0 Å². The van der Waals surface area contributed by atoms with Crippen LogP contribution < -0.4 is 10.2 Å². The average molecular weight is 258 g/mol. The molecule has 4 nitrogen and oxygen atoms in total. The summed E-state index contributed by atoms with van der Waals surface area (Å²) >= 11 is 0. The van der Waals surface area contributed by atoms with Gasteiger partial charge in [-0.05, 0) is 37.6 Å². The standard InChI is InChI=1S/C15H22N4/c1-5-19-14(8-9-17-19)11-16-13-7-6-12(2)15(10-13)18(3)4/h6-10,16H,5,11H2,1-4H3. The van der Waals surface area contributed by atoms with Crippen LogP contribution in [0.25, 0.3) is 0 Å². The zero-order valence-electron chi connectivity index (χ0n) is 12.1. The zero-order chi connectivity index (χ0) is 13.8. The molecule has 0 amide bonds. The lowest BCUT2D eigenvalue weighted by Crippen LogP contribution is -2.11. The number of hydrogen-bond donors (Lipinski definition) is 1. The summed E-state index contributed by atoms with van der Waals surface area (Å²) in [7, 11) is 4.14. The van der Waals surface area contributed by atoms with Crippen LogP contribution in [0.4, 0.5) is 11.4 Å². The van der Waals surface area contributed by atoms with Crippen LogP contribution in [0.1, 0.15) is 18.2 Å². The van der Waals surface area contributed by atoms with Gasteiger partial charge in [0.25, 0.3) is 0 Å². The zero-order valence-corrected chi connectivity index (χ0v) is 12.1. The van der Waals surface area contributed by atoms with E-state index in [1.54, 1.807) is 0 Å². The smallest absolute Gasteiger partial charge is 0.0575 e. The summed E-state index contributed by atoms with van der Waals surface area (Å²) in [4.78, 5) is 2.14. The van der Waals surface area contributed by atoms with Crippen molar-refractivity contribution >= 4 is 11.4 Å². The predicted molar refractivity (Wildman–Crippen MR) is 80.7 cm³/mol. The molecule has 4 heteroatoms. The van der Waals surface area contributed by atoms with E-state index in [1.807, 2.05) is 10.9 Å². The molecule has 0 radical (unpaired) electrons. The molecule has 19 heavy (non-hydrogen) atoms. The number of nitrogens with zero attached hydrogens (tertiary/aromatic N) is 3. The van der Waals surface area contributed by atoms with E-state index in [4.69, 9.17) is 0 Å². The number of hydrogen-bond acceptors (Lipinski definition) is 3. The van der Waals surface area contributed by atoms with Crippen molar-refractivity contribution in [2.45, 2.75) is 26.9 Å². The van der Waals surface area contributed by atoms with Gasteiger partial charge in [0.05, 0.1) is 12.2 Å². The van der Waals surface area contributed by atoms with Crippen molar-refractivity contribution in [1.82, 2.24) is 9.78 Å². The maximum Gasteiger partial charge on any atom is 0.0575 e. The lowest BCUT2D eigenvalue weighted by molar-refractivity contribution is 0.627. The maximum absolute atomic E-state index is 4.28. The molecule has 1 aromatic heterocycles. The molecule has 1 N–H and O–H groups in total. The molecule has 0 unspecified atom stereocenters. The minimum atomic E-state index is 0.795. The first-order valence-electron chi connectivity index (χ1n) is 6.64. The first-order chi connectivity index (χ1) is 9.11. The highest BCUT2D eigenvalue weighted by Crippen LogP contribution is 2.22. The van der Waals surface area contributed by atoms with E-state index in [0.29, 0.717) is 0 Å². The predicted octanol–water partition coefficient (Wildman–Crippen LogP) is 2.89. The van der Waals surface area contributed by atoms with E-state index in [1.165, 1.54) is 16.9 Å². The number of rotatable bonds is 5. The maximum atomic E-state index is 4.28. The van der Waals surface area contributed by atoms with Gasteiger partial charge in [-0.15, -0.1) is 0 Å². The van der Waals surface area contributed by atoms with Crippen molar-refractivity contribution in [3.05, 3.63) is 41.7 Å². The summed E-state index contributed by atoms with van der Waals surface area (Å²) in [5.74, 6) is 0. The Hall–Kier alpha value is -1.97. The molecular weight excluding hydrogens is 236 g/mol. The van der Waals surface area contributed by atoms with Crippen molar-refractivity contribution < 1.29 is 0 Å². The van der Waals surface area contributed by atoms with E-state index in [2.05, 4.69) is 67.5 Å². The molecule has 0 aliphatic heterocycles. The summed E-state index contributed by atoms with van der Waals surface area (Å²) in [5, 5.41) is 7.73. The Morgan fingerprint density at radius 2 is 2.05 bits per heavy atom. The van der Waals surface area contributed by atoms with Gasteiger partial charge in [-0.1, -0.05) is 6.07 Å². The number of anilines is 2. The van der Waals surface area contributed by atoms with Gasteiger partial charge in [0.1, 0.15) is 0 Å². The molecule has 2 rings (SSSR count). The van der Waals surface area contributed by atoms with Gasteiger partial charge in [0.15, 0.2) is 0 Å². The van der Waals surface area contributed by atoms with Gasteiger partial charge < -0.3 is 10.2 Å². The molecule has 1 heterocycles. The van der Waals surface area contributed by atoms with Crippen molar-refractivity contribution in [2.75, 3.05) is 24.3 Å². The topological polar surface area (TPSA) is 33.1 Å². The largest absolute Gasteiger partial charge is 0.379 e. The summed E-state index contributed by atoms with van der Waals surface area (Å²) in [6.07, 6.45) is 1.85. The van der Waals surface area contributed by atoms with Crippen LogP contribution in [0.3, 0.4) is 0 Å². The normalized spacial score (nSPS) is 10.5. The minimum absolute atomic E-state index is 0.795. The second-order valence-corrected chi connectivity index (χ2v) is 4.89. The van der Waals surface area contributed by atoms with Gasteiger partial charge in [-0.3, -0.25) is 4.68 Å².